The van der Waals surface area contributed by atoms with Crippen molar-refractivity contribution in [1.29, 1.82) is 0 Å². The first-order valence-corrected chi connectivity index (χ1v) is 6.26. The Bertz CT molecular complexity index is 386. The highest BCUT2D eigenvalue weighted by molar-refractivity contribution is 5.87. The zero-order chi connectivity index (χ0) is 13.5. The zero-order valence-corrected chi connectivity index (χ0v) is 11.5. The summed E-state index contributed by atoms with van der Waals surface area (Å²) in [4.78, 5) is 16.0. The van der Waals surface area contributed by atoms with E-state index in [1.165, 1.54) is 0 Å². The summed E-state index contributed by atoms with van der Waals surface area (Å²) in [7, 11) is 1.66. The number of aryl methyl sites for hydroxylation is 1. The Hall–Kier alpha value is -1.36. The second-order valence-electron chi connectivity index (χ2n) is 4.22. The van der Waals surface area contributed by atoms with Gasteiger partial charge < -0.3 is 13.9 Å². The number of nitrogens with zero attached hydrogens (tertiary/aromatic N) is 1. The first-order valence-electron chi connectivity index (χ1n) is 6.26. The van der Waals surface area contributed by atoms with E-state index in [9.17, 15) is 4.79 Å². The number of hydrogen-bond donors (Lipinski definition) is 0. The Kier molecular flexibility index (Phi) is 5.85. The van der Waals surface area contributed by atoms with E-state index in [4.69, 9.17) is 13.9 Å². The quantitative estimate of drug-likeness (QED) is 0.699. The van der Waals surface area contributed by atoms with Crippen LogP contribution in [0.25, 0.3) is 0 Å². The topological polar surface area (TPSA) is 61.6 Å². The first kappa shape index (κ1) is 14.7. The molecule has 0 N–H and O–H groups in total. The molecule has 102 valence electrons. The molecule has 18 heavy (non-hydrogen) atoms. The molecule has 0 aliphatic carbocycles. The van der Waals surface area contributed by atoms with Crippen LogP contribution >= 0.6 is 0 Å². The van der Waals surface area contributed by atoms with Gasteiger partial charge in [-0.3, -0.25) is 0 Å². The van der Waals surface area contributed by atoms with Crippen LogP contribution in [0.1, 0.15) is 42.9 Å². The van der Waals surface area contributed by atoms with Crippen molar-refractivity contribution in [3.05, 3.63) is 17.3 Å². The first-order chi connectivity index (χ1) is 8.62. The molecule has 1 rings (SSSR count). The summed E-state index contributed by atoms with van der Waals surface area (Å²) >= 11 is 0. The lowest BCUT2D eigenvalue weighted by atomic mass is 10.1. The van der Waals surface area contributed by atoms with Gasteiger partial charge in [0.2, 0.25) is 5.76 Å². The molecule has 1 atom stereocenters. The minimum atomic E-state index is -0.438. The lowest BCUT2D eigenvalue weighted by Gasteiger charge is -2.06. The summed E-state index contributed by atoms with van der Waals surface area (Å²) < 4.78 is 15.5. The third kappa shape index (κ3) is 3.84. The number of carbonyl (C=O) groups excluding carboxylic acids is 1. The average molecular weight is 255 g/mol. The smallest absolute Gasteiger partial charge is 0.376 e. The average Bonchev–Trinajstić information content (AvgIpc) is 2.72. The van der Waals surface area contributed by atoms with Gasteiger partial charge in [0.05, 0.1) is 12.3 Å². The Labute approximate surface area is 107 Å². The van der Waals surface area contributed by atoms with Gasteiger partial charge in [-0.05, 0) is 19.3 Å². The van der Waals surface area contributed by atoms with Gasteiger partial charge in [0, 0.05) is 20.1 Å². The number of oxazole rings is 1. The number of carbonyl (C=O) groups is 1. The molecule has 0 fully saturated rings. The van der Waals surface area contributed by atoms with Crippen LogP contribution in [0.15, 0.2) is 4.42 Å². The fraction of sp³-hybridized carbons (Fsp3) is 0.692. The maximum atomic E-state index is 11.7. The molecule has 0 saturated heterocycles. The van der Waals surface area contributed by atoms with Crippen LogP contribution < -0.4 is 0 Å². The Morgan fingerprint density at radius 1 is 1.44 bits per heavy atom. The molecule has 0 bridgehead atoms. The van der Waals surface area contributed by atoms with Crippen LogP contribution in [0.4, 0.5) is 0 Å². The molecule has 0 spiro atoms. The fourth-order valence-electron chi connectivity index (χ4n) is 1.73. The molecular weight excluding hydrogens is 234 g/mol. The molecule has 1 aromatic rings. The van der Waals surface area contributed by atoms with Crippen molar-refractivity contribution in [3.8, 4) is 0 Å². The standard InChI is InChI=1S/C13H21NO4/c1-5-10-12(13(15)17-6-2)18-11(14-10)7-9(3)8-16-4/h9H,5-8H2,1-4H3. The number of ether oxygens (including phenoxy) is 2. The lowest BCUT2D eigenvalue weighted by molar-refractivity contribution is 0.0485. The summed E-state index contributed by atoms with van der Waals surface area (Å²) in [5.74, 6) is 0.666. The van der Waals surface area contributed by atoms with Gasteiger partial charge in [-0.1, -0.05) is 13.8 Å². The summed E-state index contributed by atoms with van der Waals surface area (Å²) in [6, 6.07) is 0. The molecule has 5 nitrogen and oxygen atoms in total. The number of aromatic nitrogens is 1. The highest BCUT2D eigenvalue weighted by Gasteiger charge is 2.21. The molecule has 1 aromatic heterocycles. The van der Waals surface area contributed by atoms with Crippen molar-refractivity contribution in [1.82, 2.24) is 4.98 Å². The Morgan fingerprint density at radius 2 is 2.17 bits per heavy atom. The van der Waals surface area contributed by atoms with Crippen molar-refractivity contribution < 1.29 is 18.7 Å². The molecule has 5 heteroatoms. The Balaban J connectivity index is 2.80. The fourth-order valence-corrected chi connectivity index (χ4v) is 1.73. The third-order valence-electron chi connectivity index (χ3n) is 2.51. The minimum Gasteiger partial charge on any atom is -0.460 e. The van der Waals surface area contributed by atoms with Crippen LogP contribution in [-0.4, -0.2) is 31.3 Å². The summed E-state index contributed by atoms with van der Waals surface area (Å²) in [6.45, 7) is 6.71. The predicted octanol–water partition coefficient (Wildman–Crippen LogP) is 2.24. The maximum absolute atomic E-state index is 11.7. The SMILES string of the molecule is CCOC(=O)c1oc(CC(C)COC)nc1CC. The molecular formula is C13H21NO4. The highest BCUT2D eigenvalue weighted by atomic mass is 16.5. The Morgan fingerprint density at radius 3 is 2.72 bits per heavy atom. The van der Waals surface area contributed by atoms with Crippen LogP contribution in [0.5, 0.6) is 0 Å². The number of esters is 1. The van der Waals surface area contributed by atoms with Gasteiger partial charge in [-0.25, -0.2) is 9.78 Å². The molecule has 0 radical (unpaired) electrons. The van der Waals surface area contributed by atoms with Gasteiger partial charge in [-0.15, -0.1) is 0 Å². The van der Waals surface area contributed by atoms with Gasteiger partial charge in [0.15, 0.2) is 5.89 Å². The van der Waals surface area contributed by atoms with E-state index in [1.807, 2.05) is 13.8 Å². The van der Waals surface area contributed by atoms with E-state index in [0.29, 0.717) is 43.6 Å². The summed E-state index contributed by atoms with van der Waals surface area (Å²) in [5, 5.41) is 0. The van der Waals surface area contributed by atoms with Gasteiger partial charge in [0.25, 0.3) is 0 Å². The van der Waals surface area contributed by atoms with Crippen LogP contribution in [-0.2, 0) is 22.3 Å². The van der Waals surface area contributed by atoms with Crippen molar-refractivity contribution in [2.24, 2.45) is 5.92 Å². The van der Waals surface area contributed by atoms with E-state index >= 15 is 0 Å². The summed E-state index contributed by atoms with van der Waals surface area (Å²) in [5.41, 5.74) is 0.660. The third-order valence-corrected chi connectivity index (χ3v) is 2.51. The normalized spacial score (nSPS) is 12.4. The number of methoxy groups -OCH3 is 1. The maximum Gasteiger partial charge on any atom is 0.376 e. The number of rotatable bonds is 7. The van der Waals surface area contributed by atoms with E-state index < -0.39 is 5.97 Å². The van der Waals surface area contributed by atoms with E-state index in [2.05, 4.69) is 4.98 Å². The predicted molar refractivity (Wildman–Crippen MR) is 66.6 cm³/mol. The van der Waals surface area contributed by atoms with Crippen molar-refractivity contribution in [2.75, 3.05) is 20.3 Å². The van der Waals surface area contributed by atoms with Gasteiger partial charge >= 0.3 is 5.97 Å². The van der Waals surface area contributed by atoms with Crippen molar-refractivity contribution in [3.63, 3.8) is 0 Å². The van der Waals surface area contributed by atoms with Gasteiger partial charge in [-0.2, -0.15) is 0 Å². The summed E-state index contributed by atoms with van der Waals surface area (Å²) in [6.07, 6.45) is 1.30. The molecule has 0 aliphatic heterocycles. The van der Waals surface area contributed by atoms with Crippen molar-refractivity contribution >= 4 is 5.97 Å². The zero-order valence-electron chi connectivity index (χ0n) is 11.5. The second-order valence-corrected chi connectivity index (χ2v) is 4.22. The van der Waals surface area contributed by atoms with E-state index in [-0.39, 0.29) is 5.76 Å². The molecule has 1 unspecified atom stereocenters. The molecule has 0 saturated carbocycles. The molecule has 0 aromatic carbocycles. The van der Waals surface area contributed by atoms with E-state index in [1.54, 1.807) is 14.0 Å². The van der Waals surface area contributed by atoms with E-state index in [0.717, 1.165) is 0 Å². The minimum absolute atomic E-state index is 0.235. The highest BCUT2D eigenvalue weighted by Crippen LogP contribution is 2.16. The van der Waals surface area contributed by atoms with Crippen LogP contribution in [0.2, 0.25) is 0 Å². The van der Waals surface area contributed by atoms with Crippen LogP contribution in [0.3, 0.4) is 0 Å². The van der Waals surface area contributed by atoms with Gasteiger partial charge in [0.1, 0.15) is 0 Å². The monoisotopic (exact) mass is 255 g/mol. The largest absolute Gasteiger partial charge is 0.460 e. The van der Waals surface area contributed by atoms with Crippen molar-refractivity contribution in [2.45, 2.75) is 33.6 Å². The second kappa shape index (κ2) is 7.16. The molecule has 0 aliphatic rings. The molecule has 0 amide bonds. The molecule has 1 heterocycles. The lowest BCUT2D eigenvalue weighted by Crippen LogP contribution is -2.07. The van der Waals surface area contributed by atoms with Crippen LogP contribution in [0, 0.1) is 5.92 Å². The number of hydrogen-bond acceptors (Lipinski definition) is 5.